The van der Waals surface area contributed by atoms with Crippen molar-refractivity contribution in [3.63, 3.8) is 0 Å². The summed E-state index contributed by atoms with van der Waals surface area (Å²) in [4.78, 5) is 26.8. The quantitative estimate of drug-likeness (QED) is 0.673. The van der Waals surface area contributed by atoms with Crippen LogP contribution in [-0.2, 0) is 6.54 Å². The Labute approximate surface area is 157 Å². The SMILES string of the molecule is C[C@H](Cn1cncn1)NC(=O)c1ccc(-c2cc(N)nc(N(C)C)n2)cc1. The summed E-state index contributed by atoms with van der Waals surface area (Å²) in [5.41, 5.74) is 8.00. The van der Waals surface area contributed by atoms with Gasteiger partial charge in [0.05, 0.1) is 12.2 Å². The van der Waals surface area contributed by atoms with Gasteiger partial charge in [-0.3, -0.25) is 9.48 Å². The van der Waals surface area contributed by atoms with Gasteiger partial charge in [0.25, 0.3) is 5.91 Å². The summed E-state index contributed by atoms with van der Waals surface area (Å²) in [5.74, 6) is 0.784. The van der Waals surface area contributed by atoms with Crippen molar-refractivity contribution in [2.75, 3.05) is 24.7 Å². The lowest BCUT2D eigenvalue weighted by Crippen LogP contribution is -2.35. The number of aromatic nitrogens is 5. The Bertz CT molecular complexity index is 906. The second-order valence-corrected chi connectivity index (χ2v) is 6.44. The monoisotopic (exact) mass is 366 g/mol. The van der Waals surface area contributed by atoms with Crippen LogP contribution in [0.2, 0.25) is 0 Å². The molecule has 9 nitrogen and oxygen atoms in total. The van der Waals surface area contributed by atoms with Gasteiger partial charge in [0.2, 0.25) is 5.95 Å². The fourth-order valence-electron chi connectivity index (χ4n) is 2.55. The van der Waals surface area contributed by atoms with Gasteiger partial charge in [-0.2, -0.15) is 10.1 Å². The molecule has 0 bridgehead atoms. The summed E-state index contributed by atoms with van der Waals surface area (Å²) in [6, 6.07) is 8.85. The highest BCUT2D eigenvalue weighted by molar-refractivity contribution is 5.94. The van der Waals surface area contributed by atoms with E-state index >= 15 is 0 Å². The van der Waals surface area contributed by atoms with Crippen LogP contribution in [0.4, 0.5) is 11.8 Å². The van der Waals surface area contributed by atoms with Gasteiger partial charge in [-0.05, 0) is 19.1 Å². The van der Waals surface area contributed by atoms with Crippen LogP contribution in [0.5, 0.6) is 0 Å². The Morgan fingerprint density at radius 1 is 1.26 bits per heavy atom. The molecule has 9 heteroatoms. The zero-order valence-corrected chi connectivity index (χ0v) is 15.5. The fourth-order valence-corrected chi connectivity index (χ4v) is 2.55. The Kier molecular flexibility index (Phi) is 5.30. The minimum atomic E-state index is -0.148. The average Bonchev–Trinajstić information content (AvgIpc) is 3.14. The Morgan fingerprint density at radius 3 is 2.63 bits per heavy atom. The second kappa shape index (κ2) is 7.81. The number of nitrogens with one attached hydrogen (secondary N) is 1. The molecule has 27 heavy (non-hydrogen) atoms. The molecule has 0 spiro atoms. The third-order valence-corrected chi connectivity index (χ3v) is 3.88. The van der Waals surface area contributed by atoms with Gasteiger partial charge in [-0.1, -0.05) is 12.1 Å². The van der Waals surface area contributed by atoms with E-state index in [1.54, 1.807) is 34.1 Å². The molecule has 0 aliphatic rings. The topological polar surface area (TPSA) is 115 Å². The first-order valence-corrected chi connectivity index (χ1v) is 8.48. The highest BCUT2D eigenvalue weighted by atomic mass is 16.1. The number of nitrogens with two attached hydrogens (primary N) is 1. The van der Waals surface area contributed by atoms with Crippen LogP contribution in [0.3, 0.4) is 0 Å². The number of anilines is 2. The zero-order chi connectivity index (χ0) is 19.4. The smallest absolute Gasteiger partial charge is 0.251 e. The predicted octanol–water partition coefficient (Wildman–Crippen LogP) is 1.20. The summed E-state index contributed by atoms with van der Waals surface area (Å²) in [6.07, 6.45) is 3.09. The number of rotatable bonds is 6. The first-order chi connectivity index (χ1) is 12.9. The molecular formula is C18H22N8O. The van der Waals surface area contributed by atoms with Crippen LogP contribution in [-0.4, -0.2) is 50.8 Å². The molecule has 0 unspecified atom stereocenters. The highest BCUT2D eigenvalue weighted by Gasteiger charge is 2.12. The Morgan fingerprint density at radius 2 is 2.00 bits per heavy atom. The maximum Gasteiger partial charge on any atom is 0.251 e. The summed E-state index contributed by atoms with van der Waals surface area (Å²) < 4.78 is 1.68. The summed E-state index contributed by atoms with van der Waals surface area (Å²) in [6.45, 7) is 2.47. The molecular weight excluding hydrogens is 344 g/mol. The van der Waals surface area contributed by atoms with Gasteiger partial charge in [-0.15, -0.1) is 0 Å². The number of carbonyl (C=O) groups is 1. The van der Waals surface area contributed by atoms with E-state index in [9.17, 15) is 4.79 Å². The van der Waals surface area contributed by atoms with E-state index in [1.807, 2.05) is 33.2 Å². The first kappa shape index (κ1) is 18.3. The number of nitrogens with zero attached hydrogens (tertiary/aromatic N) is 6. The Balaban J connectivity index is 1.70. The second-order valence-electron chi connectivity index (χ2n) is 6.44. The van der Waals surface area contributed by atoms with Crippen LogP contribution < -0.4 is 16.0 Å². The van der Waals surface area contributed by atoms with E-state index in [2.05, 4.69) is 25.4 Å². The molecule has 2 aromatic heterocycles. The van der Waals surface area contributed by atoms with Crippen molar-refractivity contribution >= 4 is 17.7 Å². The van der Waals surface area contributed by atoms with Crippen molar-refractivity contribution in [2.45, 2.75) is 19.5 Å². The molecule has 1 amide bonds. The molecule has 2 heterocycles. The first-order valence-electron chi connectivity index (χ1n) is 8.48. The third-order valence-electron chi connectivity index (χ3n) is 3.88. The minimum absolute atomic E-state index is 0.0804. The predicted molar refractivity (Wildman–Crippen MR) is 103 cm³/mol. The van der Waals surface area contributed by atoms with Gasteiger partial charge in [0.15, 0.2) is 0 Å². The van der Waals surface area contributed by atoms with Crippen molar-refractivity contribution in [3.8, 4) is 11.3 Å². The van der Waals surface area contributed by atoms with Crippen molar-refractivity contribution in [1.29, 1.82) is 0 Å². The normalized spacial score (nSPS) is 11.8. The van der Waals surface area contributed by atoms with Crippen molar-refractivity contribution < 1.29 is 4.79 Å². The summed E-state index contributed by atoms with van der Waals surface area (Å²) >= 11 is 0. The number of carbonyl (C=O) groups excluding carboxylic acids is 1. The molecule has 3 aromatic rings. The number of hydrogen-bond acceptors (Lipinski definition) is 7. The van der Waals surface area contributed by atoms with Gasteiger partial charge in [-0.25, -0.2) is 9.97 Å². The van der Waals surface area contributed by atoms with Crippen LogP contribution in [0, 0.1) is 0 Å². The van der Waals surface area contributed by atoms with Crippen LogP contribution in [0.1, 0.15) is 17.3 Å². The van der Waals surface area contributed by atoms with E-state index in [0.717, 1.165) is 5.56 Å². The lowest BCUT2D eigenvalue weighted by atomic mass is 10.1. The molecule has 0 saturated heterocycles. The molecule has 1 aromatic carbocycles. The van der Waals surface area contributed by atoms with Gasteiger partial charge >= 0.3 is 0 Å². The minimum Gasteiger partial charge on any atom is -0.384 e. The average molecular weight is 366 g/mol. The van der Waals surface area contributed by atoms with Gasteiger partial charge in [0.1, 0.15) is 18.5 Å². The Hall–Kier alpha value is -3.49. The van der Waals surface area contributed by atoms with Gasteiger partial charge in [0, 0.05) is 37.3 Å². The molecule has 140 valence electrons. The zero-order valence-electron chi connectivity index (χ0n) is 15.5. The summed E-state index contributed by atoms with van der Waals surface area (Å²) in [7, 11) is 3.71. The van der Waals surface area contributed by atoms with Crippen molar-refractivity contribution in [1.82, 2.24) is 30.0 Å². The van der Waals surface area contributed by atoms with E-state index in [0.29, 0.717) is 29.6 Å². The lowest BCUT2D eigenvalue weighted by Gasteiger charge is -2.14. The number of nitrogen functional groups attached to an aromatic ring is 1. The highest BCUT2D eigenvalue weighted by Crippen LogP contribution is 2.21. The maximum atomic E-state index is 12.4. The number of amides is 1. The van der Waals surface area contributed by atoms with Crippen LogP contribution in [0.15, 0.2) is 43.0 Å². The van der Waals surface area contributed by atoms with Crippen molar-refractivity contribution in [3.05, 3.63) is 48.5 Å². The van der Waals surface area contributed by atoms with E-state index < -0.39 is 0 Å². The molecule has 1 atom stereocenters. The van der Waals surface area contributed by atoms with Crippen molar-refractivity contribution in [2.24, 2.45) is 0 Å². The van der Waals surface area contributed by atoms with Crippen LogP contribution >= 0.6 is 0 Å². The van der Waals surface area contributed by atoms with E-state index in [1.165, 1.54) is 6.33 Å². The largest absolute Gasteiger partial charge is 0.384 e. The molecule has 0 aliphatic carbocycles. The third kappa shape index (κ3) is 4.57. The maximum absolute atomic E-state index is 12.4. The fraction of sp³-hybridized carbons (Fsp3) is 0.278. The molecule has 0 fully saturated rings. The molecule has 3 N–H and O–H groups in total. The standard InChI is InChI=1S/C18H22N8O/c1-12(9-26-11-20-10-21-26)22-17(27)14-6-4-13(5-7-14)15-8-16(19)24-18(23-15)25(2)3/h4-8,10-12H,9H2,1-3H3,(H,22,27)(H2,19,23,24)/t12-/m1/s1. The van der Waals surface area contributed by atoms with E-state index in [-0.39, 0.29) is 11.9 Å². The lowest BCUT2D eigenvalue weighted by molar-refractivity contribution is 0.0936. The molecule has 0 aliphatic heterocycles. The van der Waals surface area contributed by atoms with Gasteiger partial charge < -0.3 is 16.0 Å². The number of benzene rings is 1. The van der Waals surface area contributed by atoms with E-state index in [4.69, 9.17) is 5.73 Å². The molecule has 0 radical (unpaired) electrons. The van der Waals surface area contributed by atoms with Crippen LogP contribution in [0.25, 0.3) is 11.3 Å². The number of hydrogen-bond donors (Lipinski definition) is 2. The molecule has 0 saturated carbocycles. The summed E-state index contributed by atoms with van der Waals surface area (Å²) in [5, 5.41) is 6.98. The molecule has 3 rings (SSSR count).